The van der Waals surface area contributed by atoms with Crippen LogP contribution in [0.15, 0.2) is 42.6 Å². The summed E-state index contributed by atoms with van der Waals surface area (Å²) >= 11 is 7.73. The fraction of sp³-hybridized carbons (Fsp3) is 0.250. The van der Waals surface area contributed by atoms with Gasteiger partial charge in [0.25, 0.3) is 0 Å². The number of ether oxygens (including phenoxy) is 1. The van der Waals surface area contributed by atoms with Crippen molar-refractivity contribution >= 4 is 29.0 Å². The summed E-state index contributed by atoms with van der Waals surface area (Å²) in [6, 6.07) is 11.5. The zero-order chi connectivity index (χ0) is 15.4. The van der Waals surface area contributed by atoms with Crippen molar-refractivity contribution in [2.75, 3.05) is 5.75 Å². The molecular formula is C16H16ClN3OS. The Morgan fingerprint density at radius 2 is 2.05 bits per heavy atom. The first-order valence-corrected chi connectivity index (χ1v) is 8.58. The van der Waals surface area contributed by atoms with E-state index >= 15 is 0 Å². The van der Waals surface area contributed by atoms with E-state index < -0.39 is 0 Å². The molecule has 0 spiro atoms. The predicted molar refractivity (Wildman–Crippen MR) is 90.6 cm³/mol. The van der Waals surface area contributed by atoms with E-state index in [1.165, 1.54) is 0 Å². The molecule has 0 atom stereocenters. The molecule has 0 aliphatic carbocycles. The van der Waals surface area contributed by atoms with Gasteiger partial charge in [-0.2, -0.15) is 21.4 Å². The minimum Gasteiger partial charge on any atom is -0.473 e. The van der Waals surface area contributed by atoms with E-state index in [0.29, 0.717) is 12.5 Å². The molecule has 0 fully saturated rings. The fourth-order valence-corrected chi connectivity index (χ4v) is 2.74. The summed E-state index contributed by atoms with van der Waals surface area (Å²) < 4.78 is 7.65. The van der Waals surface area contributed by atoms with Crippen LogP contribution in [0.5, 0.6) is 5.88 Å². The number of hydrogen-bond acceptors (Lipinski definition) is 4. The van der Waals surface area contributed by atoms with Crippen molar-refractivity contribution in [2.45, 2.75) is 19.3 Å². The van der Waals surface area contributed by atoms with Crippen LogP contribution < -0.4 is 4.74 Å². The topological polar surface area (TPSA) is 39.4 Å². The van der Waals surface area contributed by atoms with Crippen LogP contribution >= 0.6 is 23.4 Å². The summed E-state index contributed by atoms with van der Waals surface area (Å²) in [6.45, 7) is 2.61. The maximum absolute atomic E-state index is 5.93. The van der Waals surface area contributed by atoms with Crippen LogP contribution in [0.1, 0.15) is 18.2 Å². The molecule has 0 N–H and O–H groups in total. The molecule has 3 rings (SSSR count). The van der Waals surface area contributed by atoms with Crippen LogP contribution in [-0.4, -0.2) is 20.4 Å². The first-order chi connectivity index (χ1) is 10.8. The van der Waals surface area contributed by atoms with Crippen LogP contribution in [-0.2, 0) is 12.4 Å². The van der Waals surface area contributed by atoms with Crippen molar-refractivity contribution in [1.82, 2.24) is 14.6 Å². The van der Waals surface area contributed by atoms with Crippen molar-refractivity contribution in [2.24, 2.45) is 0 Å². The second-order valence-corrected chi connectivity index (χ2v) is 6.45. The van der Waals surface area contributed by atoms with E-state index in [4.69, 9.17) is 16.3 Å². The Kier molecular flexibility index (Phi) is 4.85. The lowest BCUT2D eigenvalue weighted by Crippen LogP contribution is -2.04. The molecule has 2 heterocycles. The zero-order valence-electron chi connectivity index (χ0n) is 12.2. The Morgan fingerprint density at radius 1 is 1.23 bits per heavy atom. The Labute approximate surface area is 138 Å². The highest BCUT2D eigenvalue weighted by Gasteiger charge is 2.08. The van der Waals surface area contributed by atoms with Crippen LogP contribution in [0.4, 0.5) is 0 Å². The van der Waals surface area contributed by atoms with Gasteiger partial charge in [-0.3, -0.25) is 0 Å². The molecule has 0 saturated heterocycles. The summed E-state index contributed by atoms with van der Waals surface area (Å²) in [5.74, 6) is 2.64. The SMILES string of the molecule is CCSCc1cc(OCc2ccc(Cl)cc2)n2nccc2n1. The molecule has 0 bridgehead atoms. The highest BCUT2D eigenvalue weighted by molar-refractivity contribution is 7.98. The van der Waals surface area contributed by atoms with Crippen LogP contribution in [0.3, 0.4) is 0 Å². The Bertz CT molecular complexity index is 758. The van der Waals surface area contributed by atoms with Gasteiger partial charge < -0.3 is 4.74 Å². The second kappa shape index (κ2) is 7.03. The average molecular weight is 334 g/mol. The lowest BCUT2D eigenvalue weighted by molar-refractivity contribution is 0.285. The zero-order valence-corrected chi connectivity index (χ0v) is 13.8. The van der Waals surface area contributed by atoms with Crippen LogP contribution in [0.25, 0.3) is 5.65 Å². The summed E-state index contributed by atoms with van der Waals surface area (Å²) in [5, 5.41) is 4.99. The maximum Gasteiger partial charge on any atom is 0.218 e. The number of aromatic nitrogens is 3. The monoisotopic (exact) mass is 333 g/mol. The normalized spacial score (nSPS) is 11.0. The molecule has 0 saturated carbocycles. The van der Waals surface area contributed by atoms with Gasteiger partial charge in [-0.05, 0) is 23.4 Å². The molecular weight excluding hydrogens is 318 g/mol. The molecule has 114 valence electrons. The van der Waals surface area contributed by atoms with Gasteiger partial charge in [0, 0.05) is 22.9 Å². The Morgan fingerprint density at radius 3 is 2.82 bits per heavy atom. The highest BCUT2D eigenvalue weighted by atomic mass is 35.5. The third kappa shape index (κ3) is 3.54. The van der Waals surface area contributed by atoms with Crippen molar-refractivity contribution in [3.05, 3.63) is 58.9 Å². The van der Waals surface area contributed by atoms with E-state index in [-0.39, 0.29) is 0 Å². The largest absolute Gasteiger partial charge is 0.473 e. The summed E-state index contributed by atoms with van der Waals surface area (Å²) in [6.07, 6.45) is 1.73. The number of nitrogens with zero attached hydrogens (tertiary/aromatic N) is 3. The number of fused-ring (bicyclic) bond motifs is 1. The minimum absolute atomic E-state index is 0.469. The third-order valence-corrected chi connectivity index (χ3v) is 4.29. The Balaban J connectivity index is 1.81. The summed E-state index contributed by atoms with van der Waals surface area (Å²) in [7, 11) is 0. The van der Waals surface area contributed by atoms with Crippen LogP contribution in [0.2, 0.25) is 5.02 Å². The Hall–Kier alpha value is -1.72. The lowest BCUT2D eigenvalue weighted by atomic mass is 10.2. The molecule has 0 aliphatic heterocycles. The molecule has 6 heteroatoms. The molecule has 2 aromatic heterocycles. The molecule has 1 aromatic carbocycles. The van der Waals surface area contributed by atoms with Gasteiger partial charge in [-0.15, -0.1) is 0 Å². The van der Waals surface area contributed by atoms with Gasteiger partial charge in [0.05, 0.1) is 11.9 Å². The second-order valence-electron chi connectivity index (χ2n) is 4.74. The minimum atomic E-state index is 0.469. The van der Waals surface area contributed by atoms with E-state index in [2.05, 4.69) is 17.0 Å². The molecule has 3 aromatic rings. The molecule has 22 heavy (non-hydrogen) atoms. The van der Waals surface area contributed by atoms with Gasteiger partial charge in [0.15, 0.2) is 5.65 Å². The fourth-order valence-electron chi connectivity index (χ4n) is 2.06. The number of rotatable bonds is 6. The van der Waals surface area contributed by atoms with Gasteiger partial charge in [0.1, 0.15) is 6.61 Å². The molecule has 0 radical (unpaired) electrons. The number of thioether (sulfide) groups is 1. The summed E-state index contributed by atoms with van der Waals surface area (Å²) in [5.41, 5.74) is 2.87. The molecule has 0 aliphatic rings. The maximum atomic E-state index is 5.93. The van der Waals surface area contributed by atoms with Crippen molar-refractivity contribution < 1.29 is 4.74 Å². The first kappa shape index (κ1) is 15.2. The van der Waals surface area contributed by atoms with Crippen molar-refractivity contribution in [3.63, 3.8) is 0 Å². The van der Waals surface area contributed by atoms with Gasteiger partial charge in [0.2, 0.25) is 5.88 Å². The lowest BCUT2D eigenvalue weighted by Gasteiger charge is -2.10. The number of halogens is 1. The quantitative estimate of drug-likeness (QED) is 0.677. The smallest absolute Gasteiger partial charge is 0.218 e. The van der Waals surface area contributed by atoms with Crippen molar-refractivity contribution in [3.8, 4) is 5.88 Å². The molecule has 0 amide bonds. The first-order valence-electron chi connectivity index (χ1n) is 7.05. The standard InChI is InChI=1S/C16H16ClN3OS/c1-2-22-11-14-9-16(20-15(19-14)7-8-18-20)21-10-12-3-5-13(17)6-4-12/h3-9H,2,10-11H2,1H3. The molecule has 4 nitrogen and oxygen atoms in total. The van der Waals surface area contributed by atoms with E-state index in [1.807, 2.05) is 48.2 Å². The van der Waals surface area contributed by atoms with Crippen LogP contribution in [0, 0.1) is 0 Å². The number of hydrogen-bond donors (Lipinski definition) is 0. The van der Waals surface area contributed by atoms with E-state index in [9.17, 15) is 0 Å². The third-order valence-electron chi connectivity index (χ3n) is 3.13. The van der Waals surface area contributed by atoms with Crippen molar-refractivity contribution in [1.29, 1.82) is 0 Å². The number of benzene rings is 1. The van der Waals surface area contributed by atoms with E-state index in [0.717, 1.165) is 33.4 Å². The van der Waals surface area contributed by atoms with Gasteiger partial charge in [-0.25, -0.2) is 4.98 Å². The summed E-state index contributed by atoms with van der Waals surface area (Å²) in [4.78, 5) is 4.58. The van der Waals surface area contributed by atoms with E-state index in [1.54, 1.807) is 10.7 Å². The highest BCUT2D eigenvalue weighted by Crippen LogP contribution is 2.20. The average Bonchev–Trinajstić information content (AvgIpc) is 3.00. The van der Waals surface area contributed by atoms with Gasteiger partial charge in [-0.1, -0.05) is 30.7 Å². The molecule has 0 unspecified atom stereocenters. The van der Waals surface area contributed by atoms with Gasteiger partial charge >= 0.3 is 0 Å². The predicted octanol–water partition coefficient (Wildman–Crippen LogP) is 4.21.